The Kier molecular flexibility index (Phi) is 4.71. The number of thiophene rings is 1. The molecule has 0 aromatic carbocycles. The molecule has 3 nitrogen and oxygen atoms in total. The fourth-order valence-electron chi connectivity index (χ4n) is 1.28. The highest BCUT2D eigenvalue weighted by molar-refractivity contribution is 7.80. The predicted molar refractivity (Wildman–Crippen MR) is 67.3 cm³/mol. The van der Waals surface area contributed by atoms with E-state index in [0.717, 1.165) is 6.42 Å². The van der Waals surface area contributed by atoms with Crippen LogP contribution in [0, 0.1) is 0 Å². The zero-order valence-electron chi connectivity index (χ0n) is 8.60. The zero-order valence-corrected chi connectivity index (χ0v) is 10.2. The van der Waals surface area contributed by atoms with Crippen molar-refractivity contribution in [2.24, 2.45) is 5.73 Å². The summed E-state index contributed by atoms with van der Waals surface area (Å²) in [6.07, 6.45) is 0.901. The standard InChI is InChI=1S/C10H14N2OS2/c1-2-4-12(6-9(11)14)10(13)8-3-5-15-7-8/h3,5,7H,2,4,6H2,1H3,(H2,11,14). The van der Waals surface area contributed by atoms with Crippen LogP contribution in [0.3, 0.4) is 0 Å². The normalized spacial score (nSPS) is 9.93. The first-order valence-electron chi connectivity index (χ1n) is 4.75. The maximum Gasteiger partial charge on any atom is 0.255 e. The molecule has 2 N–H and O–H groups in total. The summed E-state index contributed by atoms with van der Waals surface area (Å²) in [5.74, 6) is 0.00546. The van der Waals surface area contributed by atoms with Gasteiger partial charge < -0.3 is 10.6 Å². The zero-order chi connectivity index (χ0) is 11.3. The molecule has 1 amide bonds. The van der Waals surface area contributed by atoms with E-state index in [0.29, 0.717) is 23.6 Å². The number of nitrogens with two attached hydrogens (primary N) is 1. The van der Waals surface area contributed by atoms with Gasteiger partial charge in [0, 0.05) is 11.9 Å². The minimum Gasteiger partial charge on any atom is -0.392 e. The Hall–Kier alpha value is -0.940. The number of amides is 1. The summed E-state index contributed by atoms with van der Waals surface area (Å²) < 4.78 is 0. The van der Waals surface area contributed by atoms with Crippen molar-refractivity contribution in [2.75, 3.05) is 13.1 Å². The van der Waals surface area contributed by atoms with Gasteiger partial charge in [-0.05, 0) is 17.9 Å². The van der Waals surface area contributed by atoms with Gasteiger partial charge in [0.1, 0.15) is 0 Å². The van der Waals surface area contributed by atoms with E-state index in [4.69, 9.17) is 18.0 Å². The highest BCUT2D eigenvalue weighted by Crippen LogP contribution is 2.09. The van der Waals surface area contributed by atoms with Crippen LogP contribution in [0.15, 0.2) is 16.8 Å². The van der Waals surface area contributed by atoms with Crippen molar-refractivity contribution in [1.29, 1.82) is 0 Å². The van der Waals surface area contributed by atoms with Crippen LogP contribution < -0.4 is 5.73 Å². The molecule has 1 aromatic heterocycles. The van der Waals surface area contributed by atoms with Crippen LogP contribution in [0.5, 0.6) is 0 Å². The van der Waals surface area contributed by atoms with Gasteiger partial charge in [0.15, 0.2) is 0 Å². The van der Waals surface area contributed by atoms with E-state index in [9.17, 15) is 4.79 Å². The Balaban J connectivity index is 2.71. The molecule has 0 atom stereocenters. The van der Waals surface area contributed by atoms with Gasteiger partial charge >= 0.3 is 0 Å². The Morgan fingerprint density at radius 3 is 2.87 bits per heavy atom. The van der Waals surface area contributed by atoms with Crippen LogP contribution in [-0.4, -0.2) is 28.9 Å². The van der Waals surface area contributed by atoms with Gasteiger partial charge in [0.25, 0.3) is 5.91 Å². The maximum absolute atomic E-state index is 11.9. The molecule has 5 heteroatoms. The quantitative estimate of drug-likeness (QED) is 0.802. The van der Waals surface area contributed by atoms with E-state index in [1.807, 2.05) is 23.8 Å². The van der Waals surface area contributed by atoms with Crippen molar-refractivity contribution < 1.29 is 4.79 Å². The third-order valence-corrected chi connectivity index (χ3v) is 2.71. The number of hydrogen-bond acceptors (Lipinski definition) is 3. The Morgan fingerprint density at radius 1 is 1.67 bits per heavy atom. The number of rotatable bonds is 5. The molecule has 0 aliphatic heterocycles. The van der Waals surface area contributed by atoms with Crippen molar-refractivity contribution in [1.82, 2.24) is 4.90 Å². The summed E-state index contributed by atoms with van der Waals surface area (Å²) in [5, 5.41) is 3.72. The van der Waals surface area contributed by atoms with Crippen molar-refractivity contribution in [3.05, 3.63) is 22.4 Å². The van der Waals surface area contributed by atoms with Crippen LogP contribution in [0.4, 0.5) is 0 Å². The molecule has 0 aliphatic carbocycles. The average molecular weight is 242 g/mol. The van der Waals surface area contributed by atoms with Crippen molar-refractivity contribution >= 4 is 34.5 Å². The second kappa shape index (κ2) is 5.82. The molecule has 0 fully saturated rings. The van der Waals surface area contributed by atoms with Gasteiger partial charge in [-0.1, -0.05) is 19.1 Å². The lowest BCUT2D eigenvalue weighted by Gasteiger charge is -2.20. The first-order chi connectivity index (χ1) is 7.15. The van der Waals surface area contributed by atoms with Crippen molar-refractivity contribution in [2.45, 2.75) is 13.3 Å². The van der Waals surface area contributed by atoms with Crippen molar-refractivity contribution in [3.8, 4) is 0 Å². The van der Waals surface area contributed by atoms with Gasteiger partial charge in [-0.15, -0.1) is 0 Å². The summed E-state index contributed by atoms with van der Waals surface area (Å²) in [5.41, 5.74) is 6.17. The molecule has 1 rings (SSSR count). The first kappa shape index (κ1) is 12.1. The number of nitrogens with zero attached hydrogens (tertiary/aromatic N) is 1. The topological polar surface area (TPSA) is 46.3 Å². The molecule has 82 valence electrons. The van der Waals surface area contributed by atoms with Gasteiger partial charge in [0.05, 0.1) is 17.1 Å². The van der Waals surface area contributed by atoms with Gasteiger partial charge in [-0.3, -0.25) is 4.79 Å². The fourth-order valence-corrected chi connectivity index (χ4v) is 2.06. The third-order valence-electron chi connectivity index (χ3n) is 1.90. The summed E-state index contributed by atoms with van der Waals surface area (Å²) in [6, 6.07) is 1.81. The Labute approximate surface area is 98.9 Å². The highest BCUT2D eigenvalue weighted by atomic mass is 32.1. The van der Waals surface area contributed by atoms with Crippen molar-refractivity contribution in [3.63, 3.8) is 0 Å². The largest absolute Gasteiger partial charge is 0.392 e. The molecule has 0 saturated carbocycles. The van der Waals surface area contributed by atoms with Gasteiger partial charge in [-0.2, -0.15) is 11.3 Å². The van der Waals surface area contributed by atoms with Crippen LogP contribution in [-0.2, 0) is 0 Å². The number of hydrogen-bond donors (Lipinski definition) is 1. The fraction of sp³-hybridized carbons (Fsp3) is 0.400. The summed E-state index contributed by atoms with van der Waals surface area (Å²) in [7, 11) is 0. The lowest BCUT2D eigenvalue weighted by molar-refractivity contribution is 0.0780. The molecule has 15 heavy (non-hydrogen) atoms. The minimum absolute atomic E-state index is 0.00546. The molecule has 0 saturated heterocycles. The summed E-state index contributed by atoms with van der Waals surface area (Å²) in [6.45, 7) is 3.07. The van der Waals surface area contributed by atoms with E-state index >= 15 is 0 Å². The van der Waals surface area contributed by atoms with E-state index in [2.05, 4.69) is 0 Å². The van der Waals surface area contributed by atoms with E-state index in [-0.39, 0.29) is 5.91 Å². The third kappa shape index (κ3) is 3.60. The molecule has 0 bridgehead atoms. The average Bonchev–Trinajstić information content (AvgIpc) is 2.68. The summed E-state index contributed by atoms with van der Waals surface area (Å²) >= 11 is 6.33. The summed E-state index contributed by atoms with van der Waals surface area (Å²) in [4.78, 5) is 14.0. The molecule has 1 aromatic rings. The Bertz CT molecular complexity index is 335. The van der Waals surface area contributed by atoms with E-state index in [1.165, 1.54) is 11.3 Å². The molecule has 0 unspecified atom stereocenters. The Morgan fingerprint density at radius 2 is 2.40 bits per heavy atom. The number of carbonyl (C=O) groups is 1. The molecule has 0 spiro atoms. The van der Waals surface area contributed by atoms with Gasteiger partial charge in [0.2, 0.25) is 0 Å². The monoisotopic (exact) mass is 242 g/mol. The van der Waals surface area contributed by atoms with E-state index < -0.39 is 0 Å². The number of carbonyl (C=O) groups excluding carboxylic acids is 1. The van der Waals surface area contributed by atoms with Gasteiger partial charge in [-0.25, -0.2) is 0 Å². The molecule has 1 heterocycles. The smallest absolute Gasteiger partial charge is 0.255 e. The van der Waals surface area contributed by atoms with E-state index in [1.54, 1.807) is 4.90 Å². The SMILES string of the molecule is CCCN(CC(N)=S)C(=O)c1ccsc1. The second-order valence-corrected chi connectivity index (χ2v) is 4.51. The second-order valence-electron chi connectivity index (χ2n) is 3.21. The predicted octanol–water partition coefficient (Wildman–Crippen LogP) is 1.89. The van der Waals surface area contributed by atoms with Crippen LogP contribution in [0.25, 0.3) is 0 Å². The molecule has 0 aliphatic rings. The first-order valence-corrected chi connectivity index (χ1v) is 6.10. The molecule has 0 radical (unpaired) electrons. The van der Waals surface area contributed by atoms with Crippen LogP contribution >= 0.6 is 23.6 Å². The minimum atomic E-state index is 0.00546. The number of thiocarbonyl (C=S) groups is 1. The van der Waals surface area contributed by atoms with Crippen LogP contribution in [0.1, 0.15) is 23.7 Å². The maximum atomic E-state index is 11.9. The molecular formula is C10H14N2OS2. The lowest BCUT2D eigenvalue weighted by Crippen LogP contribution is -2.38. The van der Waals surface area contributed by atoms with Crippen LogP contribution in [0.2, 0.25) is 0 Å². The lowest BCUT2D eigenvalue weighted by atomic mass is 10.2. The highest BCUT2D eigenvalue weighted by Gasteiger charge is 2.15. The molecular weight excluding hydrogens is 228 g/mol.